The zero-order valence-corrected chi connectivity index (χ0v) is 11.0. The van der Waals surface area contributed by atoms with Crippen molar-refractivity contribution in [3.63, 3.8) is 0 Å². The third-order valence-corrected chi connectivity index (χ3v) is 3.69. The van der Waals surface area contributed by atoms with Gasteiger partial charge in [-0.2, -0.15) is 5.10 Å². The summed E-state index contributed by atoms with van der Waals surface area (Å²) in [7, 11) is 1.84. The van der Waals surface area contributed by atoms with Crippen LogP contribution in [0.15, 0.2) is 30.3 Å². The zero-order chi connectivity index (χ0) is 13.2. The molecule has 1 aromatic carbocycles. The Kier molecular flexibility index (Phi) is 3.17. The Bertz CT molecular complexity index is 589. The summed E-state index contributed by atoms with van der Waals surface area (Å²) in [5.41, 5.74) is 4.22. The van der Waals surface area contributed by atoms with Gasteiger partial charge in [0.1, 0.15) is 5.69 Å². The van der Waals surface area contributed by atoms with E-state index >= 15 is 0 Å². The van der Waals surface area contributed by atoms with Gasteiger partial charge in [0.2, 0.25) is 0 Å². The molecule has 0 amide bonds. The summed E-state index contributed by atoms with van der Waals surface area (Å²) in [6.07, 6.45) is 1.82. The molecule has 2 heterocycles. The molecule has 19 heavy (non-hydrogen) atoms. The Balaban J connectivity index is 1.78. The maximum absolute atomic E-state index is 11.1. The summed E-state index contributed by atoms with van der Waals surface area (Å²) >= 11 is 0. The molecule has 4 heteroatoms. The first-order valence-electron chi connectivity index (χ1n) is 6.54. The monoisotopic (exact) mass is 255 g/mol. The summed E-state index contributed by atoms with van der Waals surface area (Å²) in [5, 5.41) is 4.46. The van der Waals surface area contributed by atoms with Crippen LogP contribution in [0.1, 0.15) is 27.3 Å². The molecule has 0 radical (unpaired) electrons. The van der Waals surface area contributed by atoms with Crippen LogP contribution in [0.4, 0.5) is 0 Å². The molecule has 0 N–H and O–H groups in total. The number of benzene rings is 1. The molecule has 0 saturated heterocycles. The summed E-state index contributed by atoms with van der Waals surface area (Å²) in [5.74, 6) is 0. The van der Waals surface area contributed by atoms with Crippen molar-refractivity contribution in [3.8, 4) is 0 Å². The normalized spacial score (nSPS) is 15.2. The highest BCUT2D eigenvalue weighted by molar-refractivity contribution is 5.75. The first-order chi connectivity index (χ1) is 9.28. The van der Waals surface area contributed by atoms with Gasteiger partial charge in [-0.1, -0.05) is 30.3 Å². The fourth-order valence-electron chi connectivity index (χ4n) is 2.72. The number of aldehydes is 1. The quantitative estimate of drug-likeness (QED) is 0.785. The van der Waals surface area contributed by atoms with Crippen LogP contribution in [0.2, 0.25) is 0 Å². The number of aryl methyl sites for hydroxylation is 1. The molecule has 1 aromatic heterocycles. The van der Waals surface area contributed by atoms with Gasteiger partial charge in [-0.05, 0) is 12.0 Å². The van der Waals surface area contributed by atoms with E-state index in [4.69, 9.17) is 0 Å². The Morgan fingerprint density at radius 1 is 1.32 bits per heavy atom. The van der Waals surface area contributed by atoms with E-state index in [0.29, 0.717) is 0 Å². The lowest BCUT2D eigenvalue weighted by Gasteiger charge is -2.26. The average molecular weight is 255 g/mol. The second-order valence-electron chi connectivity index (χ2n) is 5.00. The number of rotatable bonds is 3. The van der Waals surface area contributed by atoms with Crippen molar-refractivity contribution >= 4 is 6.29 Å². The zero-order valence-electron chi connectivity index (χ0n) is 11.0. The Labute approximate surface area is 112 Å². The van der Waals surface area contributed by atoms with E-state index in [9.17, 15) is 4.79 Å². The van der Waals surface area contributed by atoms with Crippen LogP contribution >= 0.6 is 0 Å². The molecular weight excluding hydrogens is 238 g/mol. The molecule has 3 rings (SSSR count). The fraction of sp³-hybridized carbons (Fsp3) is 0.333. The smallest absolute Gasteiger partial charge is 0.168 e. The third-order valence-electron chi connectivity index (χ3n) is 3.69. The molecule has 0 aliphatic carbocycles. The van der Waals surface area contributed by atoms with E-state index < -0.39 is 0 Å². The van der Waals surface area contributed by atoms with Gasteiger partial charge in [-0.15, -0.1) is 0 Å². The minimum absolute atomic E-state index is 0.731. The topological polar surface area (TPSA) is 38.1 Å². The first-order valence-corrected chi connectivity index (χ1v) is 6.54. The van der Waals surface area contributed by atoms with E-state index in [1.54, 1.807) is 4.68 Å². The van der Waals surface area contributed by atoms with Crippen LogP contribution in [0.5, 0.6) is 0 Å². The third kappa shape index (κ3) is 2.31. The predicted molar refractivity (Wildman–Crippen MR) is 72.9 cm³/mol. The lowest BCUT2D eigenvalue weighted by Crippen LogP contribution is -2.30. The van der Waals surface area contributed by atoms with Crippen molar-refractivity contribution in [1.82, 2.24) is 14.7 Å². The summed E-state index contributed by atoms with van der Waals surface area (Å²) in [6.45, 7) is 2.74. The van der Waals surface area contributed by atoms with E-state index in [-0.39, 0.29) is 0 Å². The van der Waals surface area contributed by atoms with Crippen molar-refractivity contribution in [2.45, 2.75) is 19.5 Å². The molecular formula is C15H17N3O. The molecule has 4 nitrogen and oxygen atoms in total. The van der Waals surface area contributed by atoms with Gasteiger partial charge < -0.3 is 0 Å². The average Bonchev–Trinajstić information content (AvgIpc) is 2.74. The number of hydrogen-bond donors (Lipinski definition) is 0. The van der Waals surface area contributed by atoms with Gasteiger partial charge in [0.05, 0.1) is 5.69 Å². The van der Waals surface area contributed by atoms with Gasteiger partial charge in [-0.3, -0.25) is 14.4 Å². The summed E-state index contributed by atoms with van der Waals surface area (Å²) < 4.78 is 1.70. The summed E-state index contributed by atoms with van der Waals surface area (Å²) in [6, 6.07) is 10.5. The molecule has 0 unspecified atom stereocenters. The van der Waals surface area contributed by atoms with Gasteiger partial charge in [0, 0.05) is 32.2 Å². The van der Waals surface area contributed by atoms with Crippen LogP contribution in [0.25, 0.3) is 0 Å². The standard InChI is InChI=1S/C15H17N3O/c1-17-15(11-19)13-7-8-18(10-14(13)16-17)9-12-5-3-2-4-6-12/h2-6,11H,7-10H2,1H3. The van der Waals surface area contributed by atoms with Gasteiger partial charge in [-0.25, -0.2) is 0 Å². The van der Waals surface area contributed by atoms with Crippen molar-refractivity contribution in [1.29, 1.82) is 0 Å². The Morgan fingerprint density at radius 2 is 2.11 bits per heavy atom. The van der Waals surface area contributed by atoms with Gasteiger partial charge in [0.15, 0.2) is 6.29 Å². The minimum Gasteiger partial charge on any atom is -0.296 e. The van der Waals surface area contributed by atoms with E-state index in [0.717, 1.165) is 49.3 Å². The number of carbonyl (C=O) groups is 1. The van der Waals surface area contributed by atoms with Crippen molar-refractivity contribution in [2.24, 2.45) is 7.05 Å². The van der Waals surface area contributed by atoms with E-state index in [2.05, 4.69) is 34.3 Å². The predicted octanol–water partition coefficient (Wildman–Crippen LogP) is 1.79. The van der Waals surface area contributed by atoms with Crippen LogP contribution in [-0.2, 0) is 26.6 Å². The fourth-order valence-corrected chi connectivity index (χ4v) is 2.72. The highest BCUT2D eigenvalue weighted by Gasteiger charge is 2.23. The molecule has 0 atom stereocenters. The number of aromatic nitrogens is 2. The first kappa shape index (κ1) is 12.1. The van der Waals surface area contributed by atoms with E-state index in [1.165, 1.54) is 5.56 Å². The molecule has 98 valence electrons. The molecule has 0 fully saturated rings. The SMILES string of the molecule is Cn1nc2c(c1C=O)CCN(Cc1ccccc1)C2. The van der Waals surface area contributed by atoms with Crippen LogP contribution in [0, 0.1) is 0 Å². The maximum Gasteiger partial charge on any atom is 0.168 e. The molecule has 0 spiro atoms. The second-order valence-corrected chi connectivity index (χ2v) is 5.00. The molecule has 0 bridgehead atoms. The highest BCUT2D eigenvalue weighted by Crippen LogP contribution is 2.21. The van der Waals surface area contributed by atoms with Crippen LogP contribution < -0.4 is 0 Å². The van der Waals surface area contributed by atoms with Crippen molar-refractivity contribution < 1.29 is 4.79 Å². The Morgan fingerprint density at radius 3 is 2.84 bits per heavy atom. The number of carbonyl (C=O) groups excluding carboxylic acids is 1. The van der Waals surface area contributed by atoms with Crippen molar-refractivity contribution in [3.05, 3.63) is 52.8 Å². The van der Waals surface area contributed by atoms with Crippen LogP contribution in [0.3, 0.4) is 0 Å². The van der Waals surface area contributed by atoms with Gasteiger partial charge in [0.25, 0.3) is 0 Å². The number of nitrogens with zero attached hydrogens (tertiary/aromatic N) is 3. The molecule has 0 saturated carbocycles. The molecule has 1 aliphatic heterocycles. The lowest BCUT2D eigenvalue weighted by atomic mass is 10.0. The maximum atomic E-state index is 11.1. The summed E-state index contributed by atoms with van der Waals surface area (Å²) in [4.78, 5) is 13.4. The molecule has 2 aromatic rings. The minimum atomic E-state index is 0.731. The Hall–Kier alpha value is -1.94. The lowest BCUT2D eigenvalue weighted by molar-refractivity contribution is 0.111. The molecule has 1 aliphatic rings. The second kappa shape index (κ2) is 4.97. The van der Waals surface area contributed by atoms with E-state index in [1.807, 2.05) is 13.1 Å². The van der Waals surface area contributed by atoms with Gasteiger partial charge >= 0.3 is 0 Å². The largest absolute Gasteiger partial charge is 0.296 e. The highest BCUT2D eigenvalue weighted by atomic mass is 16.1. The van der Waals surface area contributed by atoms with Crippen LogP contribution in [-0.4, -0.2) is 27.5 Å². The number of hydrogen-bond acceptors (Lipinski definition) is 3. The van der Waals surface area contributed by atoms with Crippen molar-refractivity contribution in [2.75, 3.05) is 6.54 Å². The number of fused-ring (bicyclic) bond motifs is 1.